The number of carbonyl (C=O) groups is 1. The minimum Gasteiger partial charge on any atom is -0.361 e. The lowest BCUT2D eigenvalue weighted by atomic mass is 9.84. The predicted octanol–water partition coefficient (Wildman–Crippen LogP) is 4.27. The van der Waals surface area contributed by atoms with E-state index in [1.54, 1.807) is 0 Å². The van der Waals surface area contributed by atoms with Gasteiger partial charge in [-0.15, -0.1) is 0 Å². The Hall–Kier alpha value is -2.75. The van der Waals surface area contributed by atoms with E-state index in [2.05, 4.69) is 41.6 Å². The van der Waals surface area contributed by atoms with Crippen LogP contribution in [0.1, 0.15) is 19.4 Å². The zero-order chi connectivity index (χ0) is 16.3. The standard InChI is InChI=1S/C19H21N3O/c1-19(2,16-12-20-17-11-7-6-10-15(16)17)13-21-18(23)22-14-8-4-3-5-9-14/h3-12,20H,13H2,1-2H3,(H2,21,22,23). The molecule has 118 valence electrons. The summed E-state index contributed by atoms with van der Waals surface area (Å²) in [6.45, 7) is 4.81. The smallest absolute Gasteiger partial charge is 0.319 e. The van der Waals surface area contributed by atoms with Gasteiger partial charge in [0.15, 0.2) is 0 Å². The Morgan fingerprint density at radius 3 is 2.52 bits per heavy atom. The Labute approximate surface area is 135 Å². The maximum atomic E-state index is 12.1. The van der Waals surface area contributed by atoms with Crippen LogP contribution in [0.5, 0.6) is 0 Å². The van der Waals surface area contributed by atoms with Crippen molar-refractivity contribution in [3.05, 3.63) is 66.4 Å². The van der Waals surface area contributed by atoms with Crippen molar-refractivity contribution in [3.63, 3.8) is 0 Å². The first-order chi connectivity index (χ1) is 11.1. The molecule has 1 heterocycles. The first-order valence-electron chi connectivity index (χ1n) is 7.73. The van der Waals surface area contributed by atoms with Crippen molar-refractivity contribution < 1.29 is 4.79 Å². The van der Waals surface area contributed by atoms with E-state index >= 15 is 0 Å². The van der Waals surface area contributed by atoms with Crippen molar-refractivity contribution in [2.75, 3.05) is 11.9 Å². The van der Waals surface area contributed by atoms with Crippen LogP contribution in [0.25, 0.3) is 10.9 Å². The second kappa shape index (κ2) is 6.16. The van der Waals surface area contributed by atoms with Crippen LogP contribution in [-0.4, -0.2) is 17.6 Å². The number of rotatable bonds is 4. The SMILES string of the molecule is CC(C)(CNC(=O)Nc1ccccc1)c1c[nH]c2ccccc12. The lowest BCUT2D eigenvalue weighted by Gasteiger charge is -2.25. The number of carbonyl (C=O) groups excluding carboxylic acids is 1. The van der Waals surface area contributed by atoms with Gasteiger partial charge in [0, 0.05) is 34.7 Å². The molecular formula is C19H21N3O. The summed E-state index contributed by atoms with van der Waals surface area (Å²) in [5.74, 6) is 0. The Bertz CT molecular complexity index is 806. The van der Waals surface area contributed by atoms with Gasteiger partial charge in [0.1, 0.15) is 0 Å². The van der Waals surface area contributed by atoms with Crippen molar-refractivity contribution in [1.29, 1.82) is 0 Å². The molecule has 1 aromatic heterocycles. The van der Waals surface area contributed by atoms with Crippen LogP contribution in [0.4, 0.5) is 10.5 Å². The van der Waals surface area contributed by atoms with E-state index in [0.717, 1.165) is 11.2 Å². The van der Waals surface area contributed by atoms with E-state index in [4.69, 9.17) is 0 Å². The highest BCUT2D eigenvalue weighted by Gasteiger charge is 2.24. The molecule has 23 heavy (non-hydrogen) atoms. The molecule has 3 N–H and O–H groups in total. The molecule has 0 fully saturated rings. The lowest BCUT2D eigenvalue weighted by molar-refractivity contribution is 0.249. The van der Waals surface area contributed by atoms with E-state index in [1.807, 2.05) is 48.7 Å². The molecule has 3 aromatic rings. The van der Waals surface area contributed by atoms with Crippen molar-refractivity contribution in [1.82, 2.24) is 10.3 Å². The number of amides is 2. The summed E-state index contributed by atoms with van der Waals surface area (Å²) in [6.07, 6.45) is 2.03. The first kappa shape index (κ1) is 15.2. The normalized spacial score (nSPS) is 11.4. The third kappa shape index (κ3) is 3.37. The molecular weight excluding hydrogens is 286 g/mol. The van der Waals surface area contributed by atoms with E-state index in [-0.39, 0.29) is 11.4 Å². The zero-order valence-corrected chi connectivity index (χ0v) is 13.4. The number of hydrogen-bond acceptors (Lipinski definition) is 1. The highest BCUT2D eigenvalue weighted by Crippen LogP contribution is 2.29. The molecule has 2 aromatic carbocycles. The molecule has 0 atom stereocenters. The van der Waals surface area contributed by atoms with Crippen molar-refractivity contribution in [3.8, 4) is 0 Å². The van der Waals surface area contributed by atoms with Gasteiger partial charge in [0.05, 0.1) is 0 Å². The van der Waals surface area contributed by atoms with Gasteiger partial charge >= 0.3 is 6.03 Å². The van der Waals surface area contributed by atoms with Crippen LogP contribution in [0.15, 0.2) is 60.8 Å². The zero-order valence-electron chi connectivity index (χ0n) is 13.4. The Morgan fingerprint density at radius 1 is 1.04 bits per heavy atom. The molecule has 2 amide bonds. The van der Waals surface area contributed by atoms with E-state index in [9.17, 15) is 4.79 Å². The average Bonchev–Trinajstić information content (AvgIpc) is 2.99. The summed E-state index contributed by atoms with van der Waals surface area (Å²) in [4.78, 5) is 15.4. The maximum absolute atomic E-state index is 12.1. The molecule has 0 unspecified atom stereocenters. The monoisotopic (exact) mass is 307 g/mol. The van der Waals surface area contributed by atoms with Gasteiger partial charge in [0.25, 0.3) is 0 Å². The summed E-state index contributed by atoms with van der Waals surface area (Å²) >= 11 is 0. The minimum absolute atomic E-state index is 0.173. The number of nitrogens with one attached hydrogen (secondary N) is 3. The van der Waals surface area contributed by atoms with Gasteiger partial charge in [-0.1, -0.05) is 50.2 Å². The molecule has 0 saturated carbocycles. The number of fused-ring (bicyclic) bond motifs is 1. The van der Waals surface area contributed by atoms with Crippen LogP contribution >= 0.6 is 0 Å². The molecule has 0 aliphatic rings. The van der Waals surface area contributed by atoms with Gasteiger partial charge in [-0.3, -0.25) is 0 Å². The topological polar surface area (TPSA) is 56.9 Å². The number of para-hydroxylation sites is 2. The highest BCUT2D eigenvalue weighted by atomic mass is 16.2. The average molecular weight is 307 g/mol. The quantitative estimate of drug-likeness (QED) is 0.662. The van der Waals surface area contributed by atoms with Crippen LogP contribution < -0.4 is 10.6 Å². The van der Waals surface area contributed by atoms with Crippen LogP contribution in [0.3, 0.4) is 0 Å². The van der Waals surface area contributed by atoms with E-state index in [1.165, 1.54) is 10.9 Å². The second-order valence-corrected chi connectivity index (χ2v) is 6.31. The van der Waals surface area contributed by atoms with Crippen LogP contribution in [0.2, 0.25) is 0 Å². The number of aromatic nitrogens is 1. The summed E-state index contributed by atoms with van der Waals surface area (Å²) in [7, 11) is 0. The van der Waals surface area contributed by atoms with Gasteiger partial charge in [-0.05, 0) is 23.8 Å². The largest absolute Gasteiger partial charge is 0.361 e. The summed E-state index contributed by atoms with van der Waals surface area (Å²) < 4.78 is 0. The number of urea groups is 1. The fourth-order valence-corrected chi connectivity index (χ4v) is 2.72. The number of H-pyrrole nitrogens is 1. The number of benzene rings is 2. The molecule has 0 spiro atoms. The lowest BCUT2D eigenvalue weighted by Crippen LogP contribution is -2.38. The fraction of sp³-hybridized carbons (Fsp3) is 0.211. The molecule has 0 aliphatic heterocycles. The summed E-state index contributed by atoms with van der Waals surface area (Å²) in [5, 5.41) is 7.00. The highest BCUT2D eigenvalue weighted by molar-refractivity contribution is 5.89. The predicted molar refractivity (Wildman–Crippen MR) is 94.8 cm³/mol. The van der Waals surface area contributed by atoms with Gasteiger partial charge < -0.3 is 15.6 Å². The summed E-state index contributed by atoms with van der Waals surface area (Å²) in [6, 6.07) is 17.5. The van der Waals surface area contributed by atoms with E-state index < -0.39 is 0 Å². The second-order valence-electron chi connectivity index (χ2n) is 6.31. The molecule has 0 saturated heterocycles. The number of anilines is 1. The fourth-order valence-electron chi connectivity index (χ4n) is 2.72. The maximum Gasteiger partial charge on any atom is 0.319 e. The molecule has 0 radical (unpaired) electrons. The van der Waals surface area contributed by atoms with Gasteiger partial charge in [-0.25, -0.2) is 4.79 Å². The molecule has 0 aliphatic carbocycles. The Balaban J connectivity index is 1.68. The molecule has 4 nitrogen and oxygen atoms in total. The van der Waals surface area contributed by atoms with Crippen molar-refractivity contribution in [2.24, 2.45) is 0 Å². The van der Waals surface area contributed by atoms with Crippen LogP contribution in [-0.2, 0) is 5.41 Å². The minimum atomic E-state index is -0.191. The van der Waals surface area contributed by atoms with Gasteiger partial charge in [-0.2, -0.15) is 0 Å². The van der Waals surface area contributed by atoms with Gasteiger partial charge in [0.2, 0.25) is 0 Å². The van der Waals surface area contributed by atoms with Crippen LogP contribution in [0, 0.1) is 0 Å². The number of aromatic amines is 1. The Kier molecular flexibility index (Phi) is 4.06. The molecule has 4 heteroatoms. The van der Waals surface area contributed by atoms with E-state index in [0.29, 0.717) is 6.54 Å². The third-order valence-corrected chi connectivity index (χ3v) is 4.04. The molecule has 0 bridgehead atoms. The summed E-state index contributed by atoms with van der Waals surface area (Å²) in [5.41, 5.74) is 2.93. The van der Waals surface area contributed by atoms with Crippen molar-refractivity contribution in [2.45, 2.75) is 19.3 Å². The molecule has 3 rings (SSSR count). The third-order valence-electron chi connectivity index (χ3n) is 4.04. The number of hydrogen-bond donors (Lipinski definition) is 3. The first-order valence-corrected chi connectivity index (χ1v) is 7.73. The Morgan fingerprint density at radius 2 is 1.74 bits per heavy atom. The van der Waals surface area contributed by atoms with Crippen molar-refractivity contribution >= 4 is 22.6 Å².